The van der Waals surface area contributed by atoms with Crippen molar-refractivity contribution < 1.29 is 14.7 Å². The minimum atomic E-state index is -0.582. The number of carbonyl (C=O) groups excluding carboxylic acids is 2. The normalized spacial score (nSPS) is 18.2. The Labute approximate surface area is 137 Å². The first-order valence-corrected chi connectivity index (χ1v) is 8.15. The van der Waals surface area contributed by atoms with Crippen LogP contribution in [0.4, 0.5) is 0 Å². The zero-order valence-corrected chi connectivity index (χ0v) is 14.0. The highest BCUT2D eigenvalue weighted by molar-refractivity contribution is 6.08. The first-order valence-electron chi connectivity index (χ1n) is 8.15. The van der Waals surface area contributed by atoms with E-state index >= 15 is 0 Å². The maximum absolute atomic E-state index is 12.6. The molecule has 5 nitrogen and oxygen atoms in total. The summed E-state index contributed by atoms with van der Waals surface area (Å²) >= 11 is 0. The predicted molar refractivity (Wildman–Crippen MR) is 87.7 cm³/mol. The first kappa shape index (κ1) is 17.2. The van der Waals surface area contributed by atoms with Crippen molar-refractivity contribution in [3.8, 4) is 0 Å². The van der Waals surface area contributed by atoms with Gasteiger partial charge in [-0.25, -0.2) is 0 Å². The molecule has 2 heterocycles. The molecule has 1 aliphatic heterocycles. The zero-order valence-electron chi connectivity index (χ0n) is 14.0. The fraction of sp³-hybridized carbons (Fsp3) is 0.500. The van der Waals surface area contributed by atoms with Gasteiger partial charge in [-0.1, -0.05) is 33.3 Å². The number of amides is 1. The number of aromatic nitrogens is 1. The van der Waals surface area contributed by atoms with Crippen molar-refractivity contribution >= 4 is 11.7 Å². The Hall–Kier alpha value is -2.17. The van der Waals surface area contributed by atoms with Crippen LogP contribution in [0.3, 0.4) is 0 Å². The number of Topliss-reactive ketones (excluding diaryl/α,β-unsaturated/α-hetero) is 1. The molecule has 0 saturated carbocycles. The third-order valence-electron chi connectivity index (χ3n) is 3.92. The van der Waals surface area contributed by atoms with Crippen LogP contribution in [0.2, 0.25) is 0 Å². The van der Waals surface area contributed by atoms with Crippen molar-refractivity contribution in [2.45, 2.75) is 46.1 Å². The van der Waals surface area contributed by atoms with Crippen molar-refractivity contribution in [3.63, 3.8) is 0 Å². The Kier molecular flexibility index (Phi) is 5.53. The number of aliphatic hydroxyl groups excluding tert-OH is 1. The number of aliphatic hydroxyl groups is 1. The lowest BCUT2D eigenvalue weighted by Gasteiger charge is -2.26. The topological polar surface area (TPSA) is 70.5 Å². The molecule has 0 bridgehead atoms. The van der Waals surface area contributed by atoms with E-state index in [0.717, 1.165) is 12.8 Å². The molecule has 2 rings (SSSR count). The molecule has 23 heavy (non-hydrogen) atoms. The van der Waals surface area contributed by atoms with Gasteiger partial charge in [0, 0.05) is 19.2 Å². The smallest absolute Gasteiger partial charge is 0.290 e. The molecular formula is C18H24N2O3. The van der Waals surface area contributed by atoms with Gasteiger partial charge in [0.15, 0.2) is 11.5 Å². The molecule has 0 saturated heterocycles. The highest BCUT2D eigenvalue weighted by Gasteiger charge is 2.43. The van der Waals surface area contributed by atoms with E-state index in [1.54, 1.807) is 23.2 Å². The molecule has 0 fully saturated rings. The second kappa shape index (κ2) is 7.40. The average molecular weight is 316 g/mol. The molecule has 1 amide bonds. The van der Waals surface area contributed by atoms with E-state index in [1.807, 2.05) is 26.8 Å². The van der Waals surface area contributed by atoms with Crippen molar-refractivity contribution in [2.24, 2.45) is 5.92 Å². The van der Waals surface area contributed by atoms with E-state index in [0.29, 0.717) is 18.7 Å². The van der Waals surface area contributed by atoms with E-state index in [4.69, 9.17) is 0 Å². The summed E-state index contributed by atoms with van der Waals surface area (Å²) in [5, 5.41) is 10.3. The Morgan fingerprint density at radius 3 is 2.70 bits per heavy atom. The summed E-state index contributed by atoms with van der Waals surface area (Å²) in [6, 6.07) is 4.82. The second-order valence-electron chi connectivity index (χ2n) is 6.29. The van der Waals surface area contributed by atoms with Crippen LogP contribution in [0.1, 0.15) is 51.8 Å². The number of nitrogens with zero attached hydrogens (tertiary/aromatic N) is 2. The van der Waals surface area contributed by atoms with Gasteiger partial charge in [0.05, 0.1) is 11.3 Å². The summed E-state index contributed by atoms with van der Waals surface area (Å²) in [4.78, 5) is 30.9. The Bertz CT molecular complexity index is 608. The summed E-state index contributed by atoms with van der Waals surface area (Å²) < 4.78 is 0. The van der Waals surface area contributed by atoms with Gasteiger partial charge in [-0.05, 0) is 24.5 Å². The van der Waals surface area contributed by atoms with Crippen LogP contribution in [-0.4, -0.2) is 33.2 Å². The van der Waals surface area contributed by atoms with Crippen LogP contribution in [0.25, 0.3) is 0 Å². The number of unbranched alkanes of at least 4 members (excludes halogenated alkanes) is 1. The molecule has 1 aliphatic rings. The number of carbonyl (C=O) groups is 2. The van der Waals surface area contributed by atoms with Gasteiger partial charge in [0.2, 0.25) is 0 Å². The van der Waals surface area contributed by atoms with Gasteiger partial charge in [-0.15, -0.1) is 0 Å². The molecule has 1 aromatic heterocycles. The minimum Gasteiger partial charge on any atom is -0.503 e. The van der Waals surface area contributed by atoms with E-state index in [2.05, 4.69) is 4.98 Å². The van der Waals surface area contributed by atoms with E-state index in [9.17, 15) is 14.7 Å². The lowest BCUT2D eigenvalue weighted by atomic mass is 9.94. The summed E-state index contributed by atoms with van der Waals surface area (Å²) in [7, 11) is 0. The monoisotopic (exact) mass is 316 g/mol. The second-order valence-corrected chi connectivity index (χ2v) is 6.29. The van der Waals surface area contributed by atoms with E-state index < -0.39 is 17.7 Å². The van der Waals surface area contributed by atoms with Crippen LogP contribution in [0.15, 0.2) is 35.7 Å². The molecule has 0 aromatic carbocycles. The van der Waals surface area contributed by atoms with Crippen molar-refractivity contribution in [1.82, 2.24) is 9.88 Å². The molecule has 1 aromatic rings. The van der Waals surface area contributed by atoms with Crippen LogP contribution in [-0.2, 0) is 9.59 Å². The lowest BCUT2D eigenvalue weighted by Crippen LogP contribution is -2.32. The summed E-state index contributed by atoms with van der Waals surface area (Å²) in [5.74, 6) is -0.906. The molecule has 1 N–H and O–H groups in total. The van der Waals surface area contributed by atoms with E-state index in [1.165, 1.54) is 0 Å². The molecule has 0 aliphatic carbocycles. The lowest BCUT2D eigenvalue weighted by molar-refractivity contribution is -0.129. The molecule has 0 radical (unpaired) electrons. The predicted octanol–water partition coefficient (Wildman–Crippen LogP) is 3.19. The zero-order chi connectivity index (χ0) is 17.0. The molecule has 5 heteroatoms. The van der Waals surface area contributed by atoms with E-state index in [-0.39, 0.29) is 17.3 Å². The first-order chi connectivity index (χ1) is 11.0. The highest BCUT2D eigenvalue weighted by atomic mass is 16.3. The van der Waals surface area contributed by atoms with Crippen molar-refractivity contribution in [1.29, 1.82) is 0 Å². The summed E-state index contributed by atoms with van der Waals surface area (Å²) in [6.45, 7) is 6.42. The van der Waals surface area contributed by atoms with Crippen molar-refractivity contribution in [2.75, 3.05) is 6.54 Å². The summed E-state index contributed by atoms with van der Waals surface area (Å²) in [5.41, 5.74) is 0.812. The summed E-state index contributed by atoms with van der Waals surface area (Å²) in [6.07, 6.45) is 3.68. The van der Waals surface area contributed by atoms with Crippen LogP contribution in [0.5, 0.6) is 0 Å². The maximum atomic E-state index is 12.6. The third kappa shape index (κ3) is 3.60. The fourth-order valence-corrected chi connectivity index (χ4v) is 2.82. The quantitative estimate of drug-likeness (QED) is 0.838. The molecule has 1 atom stereocenters. The Balaban J connectivity index is 2.43. The number of hydrogen-bond acceptors (Lipinski definition) is 4. The fourth-order valence-electron chi connectivity index (χ4n) is 2.82. The Morgan fingerprint density at radius 2 is 2.13 bits per heavy atom. The van der Waals surface area contributed by atoms with Gasteiger partial charge in [-0.3, -0.25) is 14.6 Å². The Morgan fingerprint density at radius 1 is 1.39 bits per heavy atom. The van der Waals surface area contributed by atoms with Gasteiger partial charge in [0.1, 0.15) is 6.04 Å². The van der Waals surface area contributed by atoms with Crippen LogP contribution >= 0.6 is 0 Å². The van der Waals surface area contributed by atoms with Crippen molar-refractivity contribution in [3.05, 3.63) is 41.4 Å². The number of ketones is 1. The molecule has 124 valence electrons. The third-order valence-corrected chi connectivity index (χ3v) is 3.92. The van der Waals surface area contributed by atoms with Gasteiger partial charge < -0.3 is 10.0 Å². The standard InChI is InChI=1S/C18H24N2O3/c1-4-5-10-20-16(13-8-6-7-9-19-13)15(17(22)18(20)23)14(21)11-12(2)3/h6-9,12,16,22H,4-5,10-11H2,1-3H3. The average Bonchev–Trinajstić information content (AvgIpc) is 2.77. The SMILES string of the molecule is CCCCN1C(=O)C(O)=C(C(=O)CC(C)C)C1c1ccccn1. The van der Waals surface area contributed by atoms with Crippen LogP contribution in [0, 0.1) is 5.92 Å². The minimum absolute atomic E-state index is 0.159. The number of hydrogen-bond donors (Lipinski definition) is 1. The molecular weight excluding hydrogens is 292 g/mol. The highest BCUT2D eigenvalue weighted by Crippen LogP contribution is 2.37. The van der Waals surface area contributed by atoms with Gasteiger partial charge >= 0.3 is 0 Å². The van der Waals surface area contributed by atoms with Crippen LogP contribution < -0.4 is 0 Å². The number of rotatable bonds is 7. The molecule has 0 spiro atoms. The molecule has 1 unspecified atom stereocenters. The van der Waals surface area contributed by atoms with Gasteiger partial charge in [-0.2, -0.15) is 0 Å². The van der Waals surface area contributed by atoms with Gasteiger partial charge in [0.25, 0.3) is 5.91 Å². The largest absolute Gasteiger partial charge is 0.503 e. The maximum Gasteiger partial charge on any atom is 0.290 e. The number of pyridine rings is 1.